The summed E-state index contributed by atoms with van der Waals surface area (Å²) in [7, 11) is 0. The minimum absolute atomic E-state index is 0.0286. The third-order valence-electron chi connectivity index (χ3n) is 3.10. The summed E-state index contributed by atoms with van der Waals surface area (Å²) >= 11 is 0. The highest BCUT2D eigenvalue weighted by molar-refractivity contribution is 5.97. The maximum atomic E-state index is 12.4. The van der Waals surface area contributed by atoms with Crippen LogP contribution in [0.1, 0.15) is 17.3 Å². The fraction of sp³-hybridized carbons (Fsp3) is 0.462. The molecule has 1 amide bonds. The zero-order valence-corrected chi connectivity index (χ0v) is 10.6. The van der Waals surface area contributed by atoms with Crippen molar-refractivity contribution >= 4 is 5.91 Å². The molecular formula is C13H16F2N2O2. The molecule has 1 aliphatic rings. The Bertz CT molecular complexity index is 454. The van der Waals surface area contributed by atoms with E-state index in [1.807, 2.05) is 6.92 Å². The predicted molar refractivity (Wildman–Crippen MR) is 66.4 cm³/mol. The van der Waals surface area contributed by atoms with Gasteiger partial charge in [0.25, 0.3) is 5.91 Å². The number of amides is 1. The van der Waals surface area contributed by atoms with Gasteiger partial charge in [0.05, 0.1) is 5.56 Å². The summed E-state index contributed by atoms with van der Waals surface area (Å²) in [6.45, 7) is 0.940. The summed E-state index contributed by atoms with van der Waals surface area (Å²) < 4.78 is 29.0. The van der Waals surface area contributed by atoms with E-state index >= 15 is 0 Å². The Morgan fingerprint density at radius 2 is 2.21 bits per heavy atom. The second-order valence-corrected chi connectivity index (χ2v) is 4.43. The van der Waals surface area contributed by atoms with Gasteiger partial charge < -0.3 is 15.0 Å². The summed E-state index contributed by atoms with van der Waals surface area (Å²) in [6.07, 6.45) is 0. The van der Waals surface area contributed by atoms with Crippen LogP contribution in [0.2, 0.25) is 0 Å². The van der Waals surface area contributed by atoms with Crippen LogP contribution in [-0.2, 0) is 0 Å². The number of rotatable bonds is 3. The highest BCUT2D eigenvalue weighted by atomic mass is 19.3. The van der Waals surface area contributed by atoms with Crippen molar-refractivity contribution in [2.24, 2.45) is 0 Å². The lowest BCUT2D eigenvalue weighted by molar-refractivity contribution is -0.0503. The average Bonchev–Trinajstić information content (AvgIpc) is 2.38. The van der Waals surface area contributed by atoms with Gasteiger partial charge in [-0.25, -0.2) is 0 Å². The van der Waals surface area contributed by atoms with Crippen LogP contribution in [0.3, 0.4) is 0 Å². The maximum absolute atomic E-state index is 12.4. The first kappa shape index (κ1) is 13.7. The van der Waals surface area contributed by atoms with Gasteiger partial charge in [0.1, 0.15) is 5.75 Å². The van der Waals surface area contributed by atoms with Crippen LogP contribution in [0.25, 0.3) is 0 Å². The Morgan fingerprint density at radius 1 is 1.47 bits per heavy atom. The molecule has 0 saturated carbocycles. The third-order valence-corrected chi connectivity index (χ3v) is 3.10. The minimum atomic E-state index is -2.94. The number of carbonyl (C=O) groups excluding carboxylic acids is 1. The first-order valence-corrected chi connectivity index (χ1v) is 6.15. The Morgan fingerprint density at radius 3 is 2.89 bits per heavy atom. The van der Waals surface area contributed by atoms with Crippen LogP contribution in [0.4, 0.5) is 8.78 Å². The summed E-state index contributed by atoms with van der Waals surface area (Å²) in [5, 5.41) is 3.17. The van der Waals surface area contributed by atoms with Gasteiger partial charge in [-0.1, -0.05) is 12.1 Å². The molecule has 2 rings (SSSR count). The summed E-state index contributed by atoms with van der Waals surface area (Å²) in [6, 6.07) is 6.12. The fourth-order valence-electron chi connectivity index (χ4n) is 2.14. The number of nitrogens with one attached hydrogen (secondary N) is 1. The molecule has 0 aromatic heterocycles. The molecule has 1 aliphatic heterocycles. The van der Waals surface area contributed by atoms with Gasteiger partial charge in [0, 0.05) is 25.7 Å². The fourth-order valence-corrected chi connectivity index (χ4v) is 2.14. The number of carbonyl (C=O) groups is 1. The van der Waals surface area contributed by atoms with E-state index in [-0.39, 0.29) is 23.3 Å². The molecule has 0 spiro atoms. The molecule has 0 unspecified atom stereocenters. The first-order valence-electron chi connectivity index (χ1n) is 6.15. The van der Waals surface area contributed by atoms with E-state index in [1.165, 1.54) is 12.1 Å². The number of benzene rings is 1. The number of halogens is 2. The second-order valence-electron chi connectivity index (χ2n) is 4.43. The van der Waals surface area contributed by atoms with E-state index in [1.54, 1.807) is 17.0 Å². The molecule has 1 aromatic carbocycles. The second kappa shape index (κ2) is 5.97. The molecule has 1 aromatic rings. The minimum Gasteiger partial charge on any atom is -0.434 e. The number of alkyl halides is 2. The Kier molecular flexibility index (Phi) is 4.31. The summed E-state index contributed by atoms with van der Waals surface area (Å²) in [5.74, 6) is -0.349. The SMILES string of the molecule is C[C@@H]1CNCCN1C(=O)c1ccccc1OC(F)F. The molecule has 1 saturated heterocycles. The summed E-state index contributed by atoms with van der Waals surface area (Å²) in [5.41, 5.74) is 0.177. The zero-order valence-electron chi connectivity index (χ0n) is 10.6. The van der Waals surface area contributed by atoms with E-state index in [0.717, 1.165) is 0 Å². The van der Waals surface area contributed by atoms with Gasteiger partial charge in [-0.2, -0.15) is 8.78 Å². The van der Waals surface area contributed by atoms with Crippen molar-refractivity contribution in [3.8, 4) is 5.75 Å². The largest absolute Gasteiger partial charge is 0.434 e. The molecule has 1 heterocycles. The normalized spacial score (nSPS) is 19.6. The Hall–Kier alpha value is -1.69. The highest BCUT2D eigenvalue weighted by Crippen LogP contribution is 2.23. The van der Waals surface area contributed by atoms with Crippen LogP contribution in [0.5, 0.6) is 5.75 Å². The molecule has 1 N–H and O–H groups in total. The van der Waals surface area contributed by atoms with Crippen molar-refractivity contribution < 1.29 is 18.3 Å². The van der Waals surface area contributed by atoms with E-state index in [4.69, 9.17) is 0 Å². The van der Waals surface area contributed by atoms with Crippen molar-refractivity contribution in [3.63, 3.8) is 0 Å². The van der Waals surface area contributed by atoms with Gasteiger partial charge in [0.15, 0.2) is 0 Å². The molecule has 1 atom stereocenters. The van der Waals surface area contributed by atoms with E-state index < -0.39 is 6.61 Å². The molecule has 0 aliphatic carbocycles. The van der Waals surface area contributed by atoms with Crippen molar-refractivity contribution in [2.45, 2.75) is 19.6 Å². The molecule has 1 fully saturated rings. The number of hydrogen-bond acceptors (Lipinski definition) is 3. The van der Waals surface area contributed by atoms with Crippen molar-refractivity contribution in [2.75, 3.05) is 19.6 Å². The molecule has 6 heteroatoms. The Balaban J connectivity index is 2.22. The number of piperazine rings is 1. The van der Waals surface area contributed by atoms with Crippen molar-refractivity contribution in [1.82, 2.24) is 10.2 Å². The van der Waals surface area contributed by atoms with E-state index in [0.29, 0.717) is 19.6 Å². The molecule has 104 valence electrons. The van der Waals surface area contributed by atoms with Crippen LogP contribution in [0, 0.1) is 0 Å². The van der Waals surface area contributed by atoms with Gasteiger partial charge >= 0.3 is 6.61 Å². The third kappa shape index (κ3) is 3.20. The zero-order chi connectivity index (χ0) is 13.8. The van der Waals surface area contributed by atoms with Gasteiger partial charge in [-0.3, -0.25) is 4.79 Å². The standard InChI is InChI=1S/C13H16F2N2O2/c1-9-8-16-6-7-17(9)12(18)10-4-2-3-5-11(10)19-13(14)15/h2-5,9,13,16H,6-8H2,1H3/t9-/m1/s1. The molecule has 4 nitrogen and oxygen atoms in total. The van der Waals surface area contributed by atoms with E-state index in [9.17, 15) is 13.6 Å². The van der Waals surface area contributed by atoms with Gasteiger partial charge in [-0.05, 0) is 19.1 Å². The van der Waals surface area contributed by atoms with Crippen molar-refractivity contribution in [3.05, 3.63) is 29.8 Å². The van der Waals surface area contributed by atoms with Gasteiger partial charge in [0.2, 0.25) is 0 Å². The first-order chi connectivity index (χ1) is 9.09. The lowest BCUT2D eigenvalue weighted by atomic mass is 10.1. The quantitative estimate of drug-likeness (QED) is 0.909. The predicted octanol–water partition coefficient (Wildman–Crippen LogP) is 1.72. The lowest BCUT2D eigenvalue weighted by Crippen LogP contribution is -2.52. The number of nitrogens with zero attached hydrogens (tertiary/aromatic N) is 1. The number of para-hydroxylation sites is 1. The van der Waals surface area contributed by atoms with Crippen LogP contribution >= 0.6 is 0 Å². The maximum Gasteiger partial charge on any atom is 0.387 e. The molecular weight excluding hydrogens is 254 g/mol. The Labute approximate surface area is 110 Å². The smallest absolute Gasteiger partial charge is 0.387 e. The molecule has 19 heavy (non-hydrogen) atoms. The van der Waals surface area contributed by atoms with Crippen LogP contribution in [-0.4, -0.2) is 43.1 Å². The number of hydrogen-bond donors (Lipinski definition) is 1. The van der Waals surface area contributed by atoms with Crippen LogP contribution in [0.15, 0.2) is 24.3 Å². The van der Waals surface area contributed by atoms with Gasteiger partial charge in [-0.15, -0.1) is 0 Å². The molecule has 0 radical (unpaired) electrons. The highest BCUT2D eigenvalue weighted by Gasteiger charge is 2.26. The summed E-state index contributed by atoms with van der Waals surface area (Å²) in [4.78, 5) is 14.1. The number of ether oxygens (including phenoxy) is 1. The van der Waals surface area contributed by atoms with Crippen molar-refractivity contribution in [1.29, 1.82) is 0 Å². The molecule has 0 bridgehead atoms. The van der Waals surface area contributed by atoms with E-state index in [2.05, 4.69) is 10.1 Å². The average molecular weight is 270 g/mol. The van der Waals surface area contributed by atoms with Crippen LogP contribution < -0.4 is 10.1 Å². The monoisotopic (exact) mass is 270 g/mol. The lowest BCUT2D eigenvalue weighted by Gasteiger charge is -2.34. The topological polar surface area (TPSA) is 41.6 Å².